The summed E-state index contributed by atoms with van der Waals surface area (Å²) >= 11 is 6.56. The number of aliphatic imine (C=N–C) groups is 2. The molecule has 0 N–H and O–H groups in total. The van der Waals surface area contributed by atoms with Crippen LogP contribution in [0.1, 0.15) is 80.1 Å². The van der Waals surface area contributed by atoms with Crippen molar-refractivity contribution in [2.24, 2.45) is 14.3 Å². The predicted octanol–water partition coefficient (Wildman–Crippen LogP) is 6.39. The van der Waals surface area contributed by atoms with E-state index in [1.807, 2.05) is 69.7 Å². The van der Waals surface area contributed by atoms with Gasteiger partial charge in [0.05, 0.1) is 12.1 Å². The van der Waals surface area contributed by atoms with Crippen LogP contribution >= 0.6 is 28.7 Å². The Kier molecular flexibility index (Phi) is 12.3. The molecule has 4 aliphatic rings. The second-order valence-electron chi connectivity index (χ2n) is 11.3. The Balaban J connectivity index is 0.000000242. The molecule has 2 atom stereocenters. The number of allylic oxidation sites excluding steroid dienone is 2. The molecule has 0 unspecified atom stereocenters. The Labute approximate surface area is 242 Å². The van der Waals surface area contributed by atoms with Gasteiger partial charge in [-0.1, -0.05) is 6.08 Å². The van der Waals surface area contributed by atoms with Crippen molar-refractivity contribution in [3.05, 3.63) is 23.0 Å². The van der Waals surface area contributed by atoms with Crippen LogP contribution in [0.25, 0.3) is 0 Å². The quantitative estimate of drug-likeness (QED) is 0.223. The van der Waals surface area contributed by atoms with E-state index in [-0.39, 0.29) is 24.3 Å². The van der Waals surface area contributed by atoms with Gasteiger partial charge in [-0.05, 0) is 89.2 Å². The Bertz CT molecular complexity index is 987. The first kappa shape index (κ1) is 32.3. The second kappa shape index (κ2) is 14.4. The molecule has 0 spiro atoms. The summed E-state index contributed by atoms with van der Waals surface area (Å²) in [6.07, 6.45) is 11.2. The molecule has 4 aliphatic heterocycles. The molecule has 0 aromatic heterocycles. The van der Waals surface area contributed by atoms with Crippen LogP contribution in [0, 0.1) is 0 Å². The minimum absolute atomic E-state index is 0.103. The van der Waals surface area contributed by atoms with Crippen LogP contribution in [0.4, 0.5) is 9.59 Å². The second-order valence-corrected chi connectivity index (χ2v) is 12.4. The normalized spacial score (nSPS) is 22.4. The fourth-order valence-corrected chi connectivity index (χ4v) is 4.92. The molecule has 0 aromatic carbocycles. The molecular weight excluding hydrogens is 569 g/mol. The van der Waals surface area contributed by atoms with E-state index < -0.39 is 11.2 Å². The summed E-state index contributed by atoms with van der Waals surface area (Å²) in [5.74, 6) is 0. The summed E-state index contributed by atoms with van der Waals surface area (Å²) in [4.78, 5) is 36.6. The van der Waals surface area contributed by atoms with Crippen LogP contribution in [-0.4, -0.2) is 77.4 Å². The number of hydrogen-bond donors (Lipinski definition) is 1. The molecule has 9 nitrogen and oxygen atoms in total. The third-order valence-electron chi connectivity index (χ3n) is 5.93. The van der Waals surface area contributed by atoms with Gasteiger partial charge in [-0.3, -0.25) is 14.8 Å². The number of hydrogen-bond acceptors (Lipinski definition) is 8. The zero-order valence-electron chi connectivity index (χ0n) is 23.3. The van der Waals surface area contributed by atoms with Gasteiger partial charge in [0.2, 0.25) is 0 Å². The number of rotatable bonds is 2. The number of nitrogens with zero attached hydrogens (tertiary/aromatic N) is 5. The predicted molar refractivity (Wildman–Crippen MR) is 159 cm³/mol. The molecule has 209 valence electrons. The van der Waals surface area contributed by atoms with Crippen LogP contribution in [0.2, 0.25) is 0 Å². The van der Waals surface area contributed by atoms with Gasteiger partial charge in [0.1, 0.15) is 15.8 Å². The van der Waals surface area contributed by atoms with Crippen LogP contribution < -0.4 is 0 Å². The SMILES string of the molecule is CC(C)(C)OC(=O)N1CCC[C@H]1C1=NC(Br)=CC1.CC(C)(C)OC(=O)N1CCC[C@H]1C1=NC=CC1.[B]=NS. The maximum absolute atomic E-state index is 12.1. The molecule has 12 heteroatoms. The molecule has 2 amide bonds. The summed E-state index contributed by atoms with van der Waals surface area (Å²) in [5.41, 5.74) is 1.28. The average molecular weight is 609 g/mol. The molecule has 2 fully saturated rings. The van der Waals surface area contributed by atoms with Crippen molar-refractivity contribution < 1.29 is 19.1 Å². The summed E-state index contributed by atoms with van der Waals surface area (Å²) in [7, 11) is 4.34. The molecule has 4 heterocycles. The van der Waals surface area contributed by atoms with Gasteiger partial charge in [0.15, 0.2) is 0 Å². The molecule has 4 rings (SSSR count). The molecule has 0 bridgehead atoms. The summed E-state index contributed by atoms with van der Waals surface area (Å²) in [6.45, 7) is 12.9. The van der Waals surface area contributed by atoms with Crippen molar-refractivity contribution in [3.63, 3.8) is 0 Å². The van der Waals surface area contributed by atoms with Crippen LogP contribution in [0.5, 0.6) is 0 Å². The van der Waals surface area contributed by atoms with Crippen LogP contribution in [-0.2, 0) is 9.47 Å². The summed E-state index contributed by atoms with van der Waals surface area (Å²) in [6, 6.07) is 0.242. The van der Waals surface area contributed by atoms with E-state index in [0.717, 1.165) is 67.6 Å². The van der Waals surface area contributed by atoms with Gasteiger partial charge in [-0.2, -0.15) is 0 Å². The number of amides is 2. The van der Waals surface area contributed by atoms with E-state index in [0.29, 0.717) is 0 Å². The number of carbonyl (C=O) groups excluding carboxylic acids is 2. The number of halogens is 1. The fraction of sp³-hybridized carbons (Fsp3) is 0.692. The van der Waals surface area contributed by atoms with Crippen molar-refractivity contribution in [1.82, 2.24) is 9.80 Å². The number of carbonyl (C=O) groups is 2. The third kappa shape index (κ3) is 10.3. The van der Waals surface area contributed by atoms with Gasteiger partial charge in [0.25, 0.3) is 0 Å². The molecule has 38 heavy (non-hydrogen) atoms. The van der Waals surface area contributed by atoms with Gasteiger partial charge < -0.3 is 9.47 Å². The molecule has 1 radical (unpaired) electrons. The minimum atomic E-state index is -0.444. The van der Waals surface area contributed by atoms with Crippen molar-refractivity contribution in [2.75, 3.05) is 13.1 Å². The van der Waals surface area contributed by atoms with Crippen molar-refractivity contribution in [1.29, 1.82) is 0 Å². The Morgan fingerprint density at radius 3 is 1.82 bits per heavy atom. The van der Waals surface area contributed by atoms with Crippen LogP contribution in [0.3, 0.4) is 0 Å². The van der Waals surface area contributed by atoms with E-state index >= 15 is 0 Å². The van der Waals surface area contributed by atoms with E-state index in [4.69, 9.17) is 9.47 Å². The molecular formula is C26H40BBrN5O4S. The van der Waals surface area contributed by atoms with Gasteiger partial charge in [0, 0.05) is 43.6 Å². The molecule has 2 saturated heterocycles. The average Bonchev–Trinajstić information content (AvgIpc) is 3.58. The van der Waals surface area contributed by atoms with E-state index in [1.165, 1.54) is 0 Å². The van der Waals surface area contributed by atoms with Crippen molar-refractivity contribution in [2.45, 2.75) is 103 Å². The zero-order chi connectivity index (χ0) is 28.5. The van der Waals surface area contributed by atoms with E-state index in [1.54, 1.807) is 0 Å². The first-order valence-electron chi connectivity index (χ1n) is 12.9. The van der Waals surface area contributed by atoms with Crippen molar-refractivity contribution >= 4 is 60.0 Å². The van der Waals surface area contributed by atoms with Crippen LogP contribution in [0.15, 0.2) is 37.2 Å². The topological polar surface area (TPSA) is 96.2 Å². The summed E-state index contributed by atoms with van der Waals surface area (Å²) in [5, 5.41) is 0. The Morgan fingerprint density at radius 2 is 1.45 bits per heavy atom. The fourth-order valence-electron chi connectivity index (χ4n) is 4.53. The maximum atomic E-state index is 12.1. The van der Waals surface area contributed by atoms with E-state index in [9.17, 15) is 9.59 Å². The molecule has 0 saturated carbocycles. The number of likely N-dealkylation sites (tertiary alicyclic amines) is 2. The van der Waals surface area contributed by atoms with Crippen molar-refractivity contribution in [3.8, 4) is 0 Å². The summed E-state index contributed by atoms with van der Waals surface area (Å²) < 4.78 is 14.4. The van der Waals surface area contributed by atoms with Gasteiger partial charge >= 0.3 is 36.9 Å². The Morgan fingerprint density at radius 1 is 0.974 bits per heavy atom. The van der Waals surface area contributed by atoms with Gasteiger partial charge in [-0.25, -0.2) is 14.6 Å². The first-order chi connectivity index (χ1) is 17.8. The Hall–Kier alpha value is -1.95. The monoisotopic (exact) mass is 608 g/mol. The molecule has 0 aliphatic carbocycles. The zero-order valence-corrected chi connectivity index (χ0v) is 25.8. The first-order valence-corrected chi connectivity index (χ1v) is 14.1. The molecule has 0 aromatic rings. The van der Waals surface area contributed by atoms with Gasteiger partial charge in [-0.15, -0.1) is 0 Å². The number of ether oxygens (including phenoxy) is 2. The van der Waals surface area contributed by atoms with E-state index in [2.05, 4.69) is 50.7 Å². The standard InChI is InChI=1S/C13H19BrN2O2.C13H20N2O2.BHNS/c1-13(2,3)18-12(17)16-8-4-5-10(16)9-6-7-11(14)15-9;1-13(2,3)17-12(16)15-9-5-7-11(15)10-6-4-8-14-10;1-2-3/h7,10H,4-6,8H2,1-3H3;4,8,11H,5-7,9H2,1-3H3;3H/t10-;11-;/m00./s1. The third-order valence-corrected chi connectivity index (χ3v) is 6.43. The number of thiol groups is 1.